The second kappa shape index (κ2) is 7.02. The van der Waals surface area contributed by atoms with E-state index >= 15 is 0 Å². The van der Waals surface area contributed by atoms with Gasteiger partial charge in [0.05, 0.1) is 5.56 Å². The first-order valence-electron chi connectivity index (χ1n) is 8.11. The van der Waals surface area contributed by atoms with Crippen LogP contribution in [0.5, 0.6) is 11.5 Å². The number of hydrogen-bond acceptors (Lipinski definition) is 5. The van der Waals surface area contributed by atoms with E-state index in [1.807, 2.05) is 0 Å². The van der Waals surface area contributed by atoms with Gasteiger partial charge in [0.1, 0.15) is 16.4 Å². The number of Topliss-reactive ketones (excluding diaryl/α,β-unsaturated/α-hetero) is 1. The average Bonchev–Trinajstić information content (AvgIpc) is 3.26. The number of carbonyl (C=O) groups excluding carboxylic acids is 2. The number of esters is 1. The summed E-state index contributed by atoms with van der Waals surface area (Å²) < 4.78 is 11.1. The molecule has 1 aromatic heterocycles. The van der Waals surface area contributed by atoms with Crippen LogP contribution in [0.15, 0.2) is 59.7 Å². The predicted molar refractivity (Wildman–Crippen MR) is 105 cm³/mol. The first-order chi connectivity index (χ1) is 13.0. The van der Waals surface area contributed by atoms with Gasteiger partial charge in [0, 0.05) is 11.1 Å². The van der Waals surface area contributed by atoms with Crippen LogP contribution in [0.2, 0.25) is 5.02 Å². The largest absolute Gasteiger partial charge is 0.452 e. The lowest BCUT2D eigenvalue weighted by molar-refractivity contribution is 0.0739. The van der Waals surface area contributed by atoms with E-state index in [1.165, 1.54) is 11.3 Å². The van der Waals surface area contributed by atoms with Gasteiger partial charge in [0.15, 0.2) is 5.76 Å². The summed E-state index contributed by atoms with van der Waals surface area (Å²) in [6.45, 7) is 1.79. The summed E-state index contributed by atoms with van der Waals surface area (Å²) in [5.74, 6) is 0.302. The van der Waals surface area contributed by atoms with E-state index < -0.39 is 5.97 Å². The Morgan fingerprint density at radius 3 is 2.67 bits per heavy atom. The van der Waals surface area contributed by atoms with Crippen LogP contribution in [0.4, 0.5) is 0 Å². The highest BCUT2D eigenvalue weighted by atomic mass is 35.5. The van der Waals surface area contributed by atoms with Crippen molar-refractivity contribution in [3.05, 3.63) is 86.3 Å². The fourth-order valence-electron chi connectivity index (χ4n) is 2.80. The Morgan fingerprint density at radius 2 is 1.96 bits per heavy atom. The molecule has 4 nitrogen and oxygen atoms in total. The van der Waals surface area contributed by atoms with E-state index in [9.17, 15) is 9.59 Å². The number of carbonyl (C=O) groups is 2. The number of rotatable bonds is 3. The molecule has 134 valence electrons. The molecule has 0 unspecified atom stereocenters. The molecule has 0 aliphatic carbocycles. The molecule has 0 bridgehead atoms. The van der Waals surface area contributed by atoms with Crippen molar-refractivity contribution in [2.24, 2.45) is 0 Å². The minimum atomic E-state index is -0.439. The number of benzene rings is 2. The quantitative estimate of drug-likeness (QED) is 0.331. The van der Waals surface area contributed by atoms with Gasteiger partial charge in [0.25, 0.3) is 0 Å². The number of halogens is 1. The van der Waals surface area contributed by atoms with Crippen molar-refractivity contribution in [1.29, 1.82) is 0 Å². The molecule has 1 aliphatic rings. The Bertz CT molecular complexity index is 1070. The third-order valence-corrected chi connectivity index (χ3v) is 5.15. The summed E-state index contributed by atoms with van der Waals surface area (Å²) in [6.07, 6.45) is 1.66. The Kier molecular flexibility index (Phi) is 4.56. The Hall–Kier alpha value is -2.89. The number of ketones is 1. The summed E-state index contributed by atoms with van der Waals surface area (Å²) in [5, 5.41) is 2.42. The zero-order valence-electron chi connectivity index (χ0n) is 14.2. The van der Waals surface area contributed by atoms with E-state index in [-0.39, 0.29) is 11.5 Å². The Balaban J connectivity index is 1.62. The van der Waals surface area contributed by atoms with Crippen LogP contribution in [0.1, 0.15) is 31.2 Å². The maximum Gasteiger partial charge on any atom is 0.353 e. The molecule has 0 spiro atoms. The molecule has 2 heterocycles. The fourth-order valence-corrected chi connectivity index (χ4v) is 3.52. The van der Waals surface area contributed by atoms with Gasteiger partial charge in [-0.25, -0.2) is 4.79 Å². The van der Waals surface area contributed by atoms with Crippen LogP contribution in [0, 0.1) is 6.92 Å². The van der Waals surface area contributed by atoms with Crippen molar-refractivity contribution in [1.82, 2.24) is 0 Å². The zero-order valence-corrected chi connectivity index (χ0v) is 15.8. The third-order valence-electron chi connectivity index (χ3n) is 4.04. The van der Waals surface area contributed by atoms with Crippen LogP contribution < -0.4 is 9.47 Å². The molecule has 6 heteroatoms. The third kappa shape index (κ3) is 3.52. The molecular weight excluding hydrogens is 384 g/mol. The van der Waals surface area contributed by atoms with E-state index in [0.29, 0.717) is 32.5 Å². The highest BCUT2D eigenvalue weighted by molar-refractivity contribution is 7.12. The molecule has 4 rings (SSSR count). The molecule has 0 saturated heterocycles. The lowest BCUT2D eigenvalue weighted by Crippen LogP contribution is -2.06. The molecule has 1 aliphatic heterocycles. The first-order valence-corrected chi connectivity index (χ1v) is 9.37. The van der Waals surface area contributed by atoms with E-state index in [0.717, 1.165) is 5.56 Å². The van der Waals surface area contributed by atoms with Gasteiger partial charge in [-0.1, -0.05) is 29.8 Å². The maximum absolute atomic E-state index is 12.7. The number of fused-ring (bicyclic) bond motifs is 1. The number of thiophene rings is 1. The van der Waals surface area contributed by atoms with Crippen molar-refractivity contribution < 1.29 is 19.1 Å². The second-order valence-corrected chi connectivity index (χ2v) is 7.36. The van der Waals surface area contributed by atoms with Gasteiger partial charge in [-0.3, -0.25) is 4.79 Å². The van der Waals surface area contributed by atoms with E-state index in [2.05, 4.69) is 0 Å². The molecule has 0 fully saturated rings. The first kappa shape index (κ1) is 17.5. The molecular formula is C21H13ClO4S. The molecule has 0 atom stereocenters. The lowest BCUT2D eigenvalue weighted by Gasteiger charge is -2.06. The van der Waals surface area contributed by atoms with Crippen molar-refractivity contribution in [3.8, 4) is 11.5 Å². The van der Waals surface area contributed by atoms with Gasteiger partial charge in [-0.15, -0.1) is 11.3 Å². The van der Waals surface area contributed by atoms with Gasteiger partial charge >= 0.3 is 5.97 Å². The van der Waals surface area contributed by atoms with Crippen molar-refractivity contribution in [2.75, 3.05) is 0 Å². The fraction of sp³-hybridized carbons (Fsp3) is 0.0476. The highest BCUT2D eigenvalue weighted by Crippen LogP contribution is 2.37. The van der Waals surface area contributed by atoms with Crippen molar-refractivity contribution in [2.45, 2.75) is 6.92 Å². The Labute approximate surface area is 164 Å². The molecule has 2 aromatic carbocycles. The van der Waals surface area contributed by atoms with Crippen LogP contribution in [0.25, 0.3) is 6.08 Å². The molecule has 3 aromatic rings. The van der Waals surface area contributed by atoms with Crippen molar-refractivity contribution >= 4 is 40.8 Å². The topological polar surface area (TPSA) is 52.6 Å². The van der Waals surface area contributed by atoms with Crippen LogP contribution in [-0.2, 0) is 0 Å². The smallest absolute Gasteiger partial charge is 0.353 e. The van der Waals surface area contributed by atoms with Gasteiger partial charge in [0.2, 0.25) is 5.78 Å². The standard InChI is InChI=1S/C21H13ClO4S/c1-12-9-15(25-21(24)18-3-2-8-27-18)11-16-19(12)20(23)17(26-16)10-13-4-6-14(22)7-5-13/h2-11H,1H3/b17-10-. The number of hydrogen-bond donors (Lipinski definition) is 0. The zero-order chi connectivity index (χ0) is 19.0. The van der Waals surface area contributed by atoms with Crippen LogP contribution in [-0.4, -0.2) is 11.8 Å². The average molecular weight is 397 g/mol. The van der Waals surface area contributed by atoms with E-state index in [1.54, 1.807) is 66.9 Å². The minimum absolute atomic E-state index is 0.200. The predicted octanol–water partition coefficient (Wildman–Crippen LogP) is 5.55. The van der Waals surface area contributed by atoms with E-state index in [4.69, 9.17) is 21.1 Å². The SMILES string of the molecule is Cc1cc(OC(=O)c2cccs2)cc2c1C(=O)/C(=C/c1ccc(Cl)cc1)O2. The molecule has 0 saturated carbocycles. The van der Waals surface area contributed by atoms with Gasteiger partial charge in [-0.05, 0) is 53.8 Å². The molecule has 0 amide bonds. The van der Waals surface area contributed by atoms with Crippen LogP contribution in [0.3, 0.4) is 0 Å². The van der Waals surface area contributed by atoms with Gasteiger partial charge in [-0.2, -0.15) is 0 Å². The van der Waals surface area contributed by atoms with Gasteiger partial charge < -0.3 is 9.47 Å². The normalized spacial score (nSPS) is 14.1. The summed E-state index contributed by atoms with van der Waals surface area (Å²) in [7, 11) is 0. The number of ether oxygens (including phenoxy) is 2. The second-order valence-electron chi connectivity index (χ2n) is 5.97. The van der Waals surface area contributed by atoms with Crippen LogP contribution >= 0.6 is 22.9 Å². The maximum atomic E-state index is 12.7. The highest BCUT2D eigenvalue weighted by Gasteiger charge is 2.30. The lowest BCUT2D eigenvalue weighted by atomic mass is 10.0. The van der Waals surface area contributed by atoms with Crippen molar-refractivity contribution in [3.63, 3.8) is 0 Å². The minimum Gasteiger partial charge on any atom is -0.452 e. The Morgan fingerprint density at radius 1 is 1.19 bits per heavy atom. The number of allylic oxidation sites excluding steroid dienone is 1. The molecule has 0 N–H and O–H groups in total. The molecule has 0 radical (unpaired) electrons. The molecule has 27 heavy (non-hydrogen) atoms. The monoisotopic (exact) mass is 396 g/mol. The number of aryl methyl sites for hydroxylation is 1. The summed E-state index contributed by atoms with van der Waals surface area (Å²) in [4.78, 5) is 25.3. The summed E-state index contributed by atoms with van der Waals surface area (Å²) >= 11 is 7.19. The summed E-state index contributed by atoms with van der Waals surface area (Å²) in [6, 6.07) is 13.8. The summed E-state index contributed by atoms with van der Waals surface area (Å²) in [5.41, 5.74) is 1.97.